The van der Waals surface area contributed by atoms with Crippen molar-refractivity contribution in [2.75, 3.05) is 11.4 Å². The van der Waals surface area contributed by atoms with E-state index in [-0.39, 0.29) is 6.04 Å². The fourth-order valence-corrected chi connectivity index (χ4v) is 2.53. The lowest BCUT2D eigenvalue weighted by Crippen LogP contribution is -2.33. The monoisotopic (exact) mass is 241 g/mol. The van der Waals surface area contributed by atoms with E-state index in [2.05, 4.69) is 37.6 Å². The molecule has 1 rings (SSSR count). The summed E-state index contributed by atoms with van der Waals surface area (Å²) in [4.78, 5) is 7.98. The third-order valence-electron chi connectivity index (χ3n) is 2.39. The summed E-state index contributed by atoms with van der Waals surface area (Å²) in [7, 11) is 0. The predicted octanol–water partition coefficient (Wildman–Crippen LogP) is 3.03. The minimum Gasteiger partial charge on any atom is -0.345 e. The second-order valence-corrected chi connectivity index (χ2v) is 6.01. The molecule has 0 aliphatic heterocycles. The van der Waals surface area contributed by atoms with Gasteiger partial charge in [0.25, 0.3) is 0 Å². The molecule has 0 spiro atoms. The first kappa shape index (κ1) is 13.5. The van der Waals surface area contributed by atoms with Gasteiger partial charge in [0.15, 0.2) is 5.13 Å². The van der Waals surface area contributed by atoms with Crippen LogP contribution in [0, 0.1) is 5.92 Å². The molecule has 0 aromatic carbocycles. The van der Waals surface area contributed by atoms with Crippen LogP contribution in [0.4, 0.5) is 5.13 Å². The molecule has 1 atom stereocenters. The Morgan fingerprint density at radius 1 is 1.31 bits per heavy atom. The number of thiazole rings is 1. The number of hydrogen-bond acceptors (Lipinski definition) is 4. The Morgan fingerprint density at radius 2 is 1.94 bits per heavy atom. The van der Waals surface area contributed by atoms with Gasteiger partial charge in [-0.05, 0) is 26.7 Å². The standard InChI is InChI=1S/C12H23N3S/c1-8(2)7-15(9(3)4)12-14-6-11(16-12)10(5)13/h6,8-10H,7,13H2,1-5H3. The highest BCUT2D eigenvalue weighted by Crippen LogP contribution is 2.27. The molecular weight excluding hydrogens is 218 g/mol. The molecule has 3 nitrogen and oxygen atoms in total. The van der Waals surface area contributed by atoms with E-state index in [1.165, 1.54) is 0 Å². The van der Waals surface area contributed by atoms with Gasteiger partial charge in [0, 0.05) is 29.7 Å². The van der Waals surface area contributed by atoms with E-state index >= 15 is 0 Å². The highest BCUT2D eigenvalue weighted by Gasteiger charge is 2.16. The molecule has 0 fully saturated rings. The van der Waals surface area contributed by atoms with Crippen molar-refractivity contribution >= 4 is 16.5 Å². The molecule has 1 heterocycles. The van der Waals surface area contributed by atoms with Gasteiger partial charge in [0.2, 0.25) is 0 Å². The maximum Gasteiger partial charge on any atom is 0.185 e. The normalized spacial score (nSPS) is 13.5. The van der Waals surface area contributed by atoms with Crippen LogP contribution < -0.4 is 10.6 Å². The van der Waals surface area contributed by atoms with Crippen molar-refractivity contribution < 1.29 is 0 Å². The summed E-state index contributed by atoms with van der Waals surface area (Å²) >= 11 is 1.71. The Bertz CT molecular complexity index is 318. The summed E-state index contributed by atoms with van der Waals surface area (Å²) in [6.07, 6.45) is 1.90. The summed E-state index contributed by atoms with van der Waals surface area (Å²) in [6.45, 7) is 11.9. The lowest BCUT2D eigenvalue weighted by molar-refractivity contribution is 0.570. The molecule has 0 aliphatic carbocycles. The van der Waals surface area contributed by atoms with Crippen molar-refractivity contribution in [3.8, 4) is 0 Å². The van der Waals surface area contributed by atoms with Crippen LogP contribution in [0.25, 0.3) is 0 Å². The van der Waals surface area contributed by atoms with Gasteiger partial charge in [-0.15, -0.1) is 11.3 Å². The van der Waals surface area contributed by atoms with Gasteiger partial charge in [0.05, 0.1) is 0 Å². The first-order valence-electron chi connectivity index (χ1n) is 5.89. The average Bonchev–Trinajstić information content (AvgIpc) is 2.61. The fraction of sp³-hybridized carbons (Fsp3) is 0.750. The number of anilines is 1. The number of nitrogens with two attached hydrogens (primary N) is 1. The van der Waals surface area contributed by atoms with Crippen LogP contribution in [0.15, 0.2) is 6.20 Å². The minimum absolute atomic E-state index is 0.0827. The summed E-state index contributed by atoms with van der Waals surface area (Å²) in [5, 5.41) is 1.09. The molecule has 16 heavy (non-hydrogen) atoms. The zero-order chi connectivity index (χ0) is 12.3. The Morgan fingerprint density at radius 3 is 2.31 bits per heavy atom. The quantitative estimate of drug-likeness (QED) is 0.861. The van der Waals surface area contributed by atoms with Crippen molar-refractivity contribution in [2.24, 2.45) is 11.7 Å². The molecule has 0 saturated heterocycles. The van der Waals surface area contributed by atoms with Crippen LogP contribution in [0.3, 0.4) is 0 Å². The molecule has 2 N–H and O–H groups in total. The average molecular weight is 241 g/mol. The van der Waals surface area contributed by atoms with E-state index < -0.39 is 0 Å². The van der Waals surface area contributed by atoms with E-state index in [1.807, 2.05) is 13.1 Å². The number of rotatable bonds is 5. The van der Waals surface area contributed by atoms with E-state index in [9.17, 15) is 0 Å². The molecule has 0 radical (unpaired) electrons. The molecule has 4 heteroatoms. The lowest BCUT2D eigenvalue weighted by Gasteiger charge is -2.27. The molecule has 0 amide bonds. The van der Waals surface area contributed by atoms with Gasteiger partial charge in [0.1, 0.15) is 0 Å². The van der Waals surface area contributed by atoms with Gasteiger partial charge in [-0.3, -0.25) is 0 Å². The number of aromatic nitrogens is 1. The van der Waals surface area contributed by atoms with Crippen LogP contribution in [-0.2, 0) is 0 Å². The molecule has 0 saturated carbocycles. The Hall–Kier alpha value is -0.610. The van der Waals surface area contributed by atoms with Gasteiger partial charge < -0.3 is 10.6 Å². The highest BCUT2D eigenvalue weighted by molar-refractivity contribution is 7.15. The third-order valence-corrected chi connectivity index (χ3v) is 3.63. The zero-order valence-electron chi connectivity index (χ0n) is 10.9. The molecule has 0 bridgehead atoms. The van der Waals surface area contributed by atoms with Gasteiger partial charge >= 0.3 is 0 Å². The van der Waals surface area contributed by atoms with Crippen LogP contribution in [0.2, 0.25) is 0 Å². The molecule has 92 valence electrons. The van der Waals surface area contributed by atoms with Gasteiger partial charge in [-0.2, -0.15) is 0 Å². The Balaban J connectivity index is 2.84. The van der Waals surface area contributed by atoms with Crippen molar-refractivity contribution in [1.82, 2.24) is 4.98 Å². The lowest BCUT2D eigenvalue weighted by atomic mass is 10.2. The third kappa shape index (κ3) is 3.46. The van der Waals surface area contributed by atoms with E-state index in [0.717, 1.165) is 16.6 Å². The van der Waals surface area contributed by atoms with Gasteiger partial charge in [-0.1, -0.05) is 13.8 Å². The van der Waals surface area contributed by atoms with Crippen LogP contribution in [0.1, 0.15) is 45.5 Å². The molecular formula is C12H23N3S. The van der Waals surface area contributed by atoms with Crippen LogP contribution in [0.5, 0.6) is 0 Å². The highest BCUT2D eigenvalue weighted by atomic mass is 32.1. The van der Waals surface area contributed by atoms with E-state index in [1.54, 1.807) is 11.3 Å². The largest absolute Gasteiger partial charge is 0.345 e. The summed E-state index contributed by atoms with van der Waals surface area (Å²) in [5.74, 6) is 0.644. The van der Waals surface area contributed by atoms with Crippen LogP contribution in [-0.4, -0.2) is 17.6 Å². The predicted molar refractivity (Wildman–Crippen MR) is 72.0 cm³/mol. The maximum absolute atomic E-state index is 5.86. The summed E-state index contributed by atoms with van der Waals surface area (Å²) < 4.78 is 0. The fourth-order valence-electron chi connectivity index (χ4n) is 1.52. The SMILES string of the molecule is CC(C)CN(c1ncc(C(C)N)s1)C(C)C. The smallest absolute Gasteiger partial charge is 0.185 e. The van der Waals surface area contributed by atoms with E-state index in [0.29, 0.717) is 12.0 Å². The summed E-state index contributed by atoms with van der Waals surface area (Å²) in [6, 6.07) is 0.564. The maximum atomic E-state index is 5.86. The van der Waals surface area contributed by atoms with Crippen molar-refractivity contribution in [2.45, 2.75) is 46.7 Å². The Kier molecular flexibility index (Phi) is 4.74. The second kappa shape index (κ2) is 5.64. The first-order valence-corrected chi connectivity index (χ1v) is 6.71. The van der Waals surface area contributed by atoms with Crippen molar-refractivity contribution in [3.05, 3.63) is 11.1 Å². The van der Waals surface area contributed by atoms with Crippen LogP contribution >= 0.6 is 11.3 Å². The Labute approximate surface area is 103 Å². The number of hydrogen-bond donors (Lipinski definition) is 1. The number of nitrogens with zero attached hydrogens (tertiary/aromatic N) is 2. The van der Waals surface area contributed by atoms with Crippen molar-refractivity contribution in [1.29, 1.82) is 0 Å². The second-order valence-electron chi connectivity index (χ2n) is 4.97. The molecule has 1 aromatic rings. The summed E-state index contributed by atoms with van der Waals surface area (Å²) in [5.41, 5.74) is 5.86. The first-order chi connectivity index (χ1) is 7.41. The minimum atomic E-state index is 0.0827. The van der Waals surface area contributed by atoms with E-state index in [4.69, 9.17) is 5.73 Å². The van der Waals surface area contributed by atoms with Crippen molar-refractivity contribution in [3.63, 3.8) is 0 Å². The molecule has 1 aromatic heterocycles. The molecule has 1 unspecified atom stereocenters. The zero-order valence-corrected chi connectivity index (χ0v) is 11.7. The molecule has 0 aliphatic rings. The van der Waals surface area contributed by atoms with Gasteiger partial charge in [-0.25, -0.2) is 4.98 Å². The topological polar surface area (TPSA) is 42.2 Å².